The Morgan fingerprint density at radius 1 is 1.53 bits per heavy atom. The minimum Gasteiger partial charge on any atom is -0.348 e. The van der Waals surface area contributed by atoms with Crippen molar-refractivity contribution in [3.05, 3.63) is 0 Å². The van der Waals surface area contributed by atoms with E-state index in [-0.39, 0.29) is 6.61 Å². The quantitative estimate of drug-likeness (QED) is 0.413. The van der Waals surface area contributed by atoms with Crippen LogP contribution in [0.25, 0.3) is 0 Å². The summed E-state index contributed by atoms with van der Waals surface area (Å²) in [5.74, 6) is -5.34. The van der Waals surface area contributed by atoms with E-state index in [4.69, 9.17) is 9.47 Å². The maximum atomic E-state index is 13.2. The lowest BCUT2D eigenvalue weighted by Gasteiger charge is -2.44. The Bertz CT molecular complexity index is 310. The van der Waals surface area contributed by atoms with Gasteiger partial charge in [-0.1, -0.05) is 0 Å². The van der Waals surface area contributed by atoms with Gasteiger partial charge in [0.05, 0.1) is 29.5 Å². The van der Waals surface area contributed by atoms with E-state index in [1.165, 1.54) is 0 Å². The van der Waals surface area contributed by atoms with Gasteiger partial charge in [-0.3, -0.25) is 7.91 Å². The third-order valence-electron chi connectivity index (χ3n) is 2.48. The highest BCUT2D eigenvalue weighted by atomic mass is 127. The largest absolute Gasteiger partial charge is 0.348 e. The molecular formula is C8H10F2INO3. The second-order valence-electron chi connectivity index (χ2n) is 4.05. The highest BCUT2D eigenvalue weighted by molar-refractivity contribution is 14.1. The van der Waals surface area contributed by atoms with Crippen molar-refractivity contribution >= 4 is 28.8 Å². The van der Waals surface area contributed by atoms with Gasteiger partial charge in [0.15, 0.2) is 5.79 Å². The van der Waals surface area contributed by atoms with Gasteiger partial charge in [0, 0.05) is 0 Å². The van der Waals surface area contributed by atoms with Crippen molar-refractivity contribution in [3.8, 4) is 0 Å². The Labute approximate surface area is 99.4 Å². The molecule has 4 nitrogen and oxygen atoms in total. The lowest BCUT2D eigenvalue weighted by molar-refractivity contribution is -0.207. The van der Waals surface area contributed by atoms with Crippen molar-refractivity contribution in [2.24, 2.45) is 0 Å². The maximum absolute atomic E-state index is 13.2. The van der Waals surface area contributed by atoms with Gasteiger partial charge in [-0.25, -0.2) is 0 Å². The summed E-state index contributed by atoms with van der Waals surface area (Å²) in [5, 5.41) is 0. The zero-order valence-electron chi connectivity index (χ0n) is 8.17. The SMILES string of the molecule is CC1(C)OCC([C@@H]2N(I)C(=O)C2(F)F)O1. The maximum Gasteiger partial charge on any atom is 0.348 e. The molecule has 15 heavy (non-hydrogen) atoms. The van der Waals surface area contributed by atoms with Crippen LogP contribution in [0, 0.1) is 0 Å². The van der Waals surface area contributed by atoms with E-state index < -0.39 is 29.8 Å². The molecule has 0 aromatic rings. The van der Waals surface area contributed by atoms with Crippen molar-refractivity contribution in [1.29, 1.82) is 0 Å². The molecule has 0 radical (unpaired) electrons. The highest BCUT2D eigenvalue weighted by Gasteiger charge is 2.67. The number of ether oxygens (including phenoxy) is 2. The molecular weight excluding hydrogens is 323 g/mol. The first-order valence-corrected chi connectivity index (χ1v) is 5.41. The Morgan fingerprint density at radius 3 is 2.53 bits per heavy atom. The van der Waals surface area contributed by atoms with Crippen molar-refractivity contribution in [1.82, 2.24) is 3.11 Å². The topological polar surface area (TPSA) is 38.8 Å². The predicted octanol–water partition coefficient (Wildman–Crippen LogP) is 1.33. The fourth-order valence-corrected chi connectivity index (χ4v) is 2.75. The van der Waals surface area contributed by atoms with E-state index in [1.807, 2.05) is 0 Å². The molecule has 2 fully saturated rings. The standard InChI is InChI=1S/C8H10F2INO3/c1-7(2)14-3-4(15-7)5-8(9,10)6(13)12(5)11/h4-5H,3H2,1-2H3/t4?,5-/m0/s1. The number of carbonyl (C=O) groups excluding carboxylic acids is 1. The smallest absolute Gasteiger partial charge is 0.348 e. The zero-order chi connectivity index (χ0) is 11.4. The van der Waals surface area contributed by atoms with Crippen LogP contribution in [0.2, 0.25) is 0 Å². The van der Waals surface area contributed by atoms with Crippen LogP contribution in [-0.2, 0) is 14.3 Å². The van der Waals surface area contributed by atoms with Crippen molar-refractivity contribution in [2.75, 3.05) is 6.61 Å². The summed E-state index contributed by atoms with van der Waals surface area (Å²) >= 11 is 1.58. The summed E-state index contributed by atoms with van der Waals surface area (Å²) in [6, 6.07) is -1.22. The second-order valence-corrected chi connectivity index (χ2v) is 5.09. The zero-order valence-corrected chi connectivity index (χ0v) is 10.3. The van der Waals surface area contributed by atoms with Gasteiger partial charge < -0.3 is 9.47 Å². The first-order valence-electron chi connectivity index (χ1n) is 4.45. The number of hydrogen-bond acceptors (Lipinski definition) is 3. The third kappa shape index (κ3) is 1.64. The Hall–Kier alpha value is -0.0200. The molecule has 0 N–H and O–H groups in total. The van der Waals surface area contributed by atoms with Gasteiger partial charge in [-0.15, -0.1) is 0 Å². The van der Waals surface area contributed by atoms with Crippen LogP contribution in [0.15, 0.2) is 0 Å². The normalized spacial score (nSPS) is 37.9. The Kier molecular flexibility index (Phi) is 2.47. The van der Waals surface area contributed by atoms with E-state index in [9.17, 15) is 13.6 Å². The van der Waals surface area contributed by atoms with E-state index in [0.29, 0.717) is 0 Å². The molecule has 1 unspecified atom stereocenters. The van der Waals surface area contributed by atoms with Crippen LogP contribution < -0.4 is 0 Å². The molecule has 2 aliphatic heterocycles. The second kappa shape index (κ2) is 3.24. The minimum absolute atomic E-state index is 0.0834. The summed E-state index contributed by atoms with van der Waals surface area (Å²) in [5.41, 5.74) is 0. The Balaban J connectivity index is 2.10. The molecule has 2 aliphatic rings. The fourth-order valence-electron chi connectivity index (χ4n) is 1.72. The molecule has 0 aliphatic carbocycles. The number of amides is 1. The molecule has 0 saturated carbocycles. The van der Waals surface area contributed by atoms with Crippen LogP contribution >= 0.6 is 22.9 Å². The molecule has 2 rings (SSSR count). The van der Waals surface area contributed by atoms with E-state index in [1.54, 1.807) is 36.7 Å². The monoisotopic (exact) mass is 333 g/mol. The average Bonchev–Trinajstić information content (AvgIpc) is 2.45. The van der Waals surface area contributed by atoms with Gasteiger partial charge in [-0.05, 0) is 13.8 Å². The van der Waals surface area contributed by atoms with Crippen molar-refractivity contribution in [3.63, 3.8) is 0 Å². The number of rotatable bonds is 1. The average molecular weight is 333 g/mol. The predicted molar refractivity (Wildman–Crippen MR) is 54.5 cm³/mol. The van der Waals surface area contributed by atoms with Gasteiger partial charge in [0.25, 0.3) is 0 Å². The summed E-state index contributed by atoms with van der Waals surface area (Å²) in [7, 11) is 0. The van der Waals surface area contributed by atoms with Crippen LogP contribution in [0.5, 0.6) is 0 Å². The van der Waals surface area contributed by atoms with E-state index in [0.717, 1.165) is 3.11 Å². The van der Waals surface area contributed by atoms with Crippen LogP contribution in [0.1, 0.15) is 13.8 Å². The molecule has 0 spiro atoms. The van der Waals surface area contributed by atoms with Gasteiger partial charge in [0.2, 0.25) is 0 Å². The highest BCUT2D eigenvalue weighted by Crippen LogP contribution is 2.44. The van der Waals surface area contributed by atoms with Crippen molar-refractivity contribution in [2.45, 2.75) is 37.7 Å². The summed E-state index contributed by atoms with van der Waals surface area (Å²) in [6.45, 7) is 3.40. The number of carbonyl (C=O) groups is 1. The summed E-state index contributed by atoms with van der Waals surface area (Å²) < 4.78 is 37.9. The van der Waals surface area contributed by atoms with Gasteiger partial charge in [0.1, 0.15) is 12.1 Å². The number of hydrogen-bond donors (Lipinski definition) is 0. The molecule has 2 atom stereocenters. The molecule has 2 heterocycles. The van der Waals surface area contributed by atoms with Crippen molar-refractivity contribution < 1.29 is 23.0 Å². The molecule has 0 aromatic heterocycles. The van der Waals surface area contributed by atoms with Crippen LogP contribution in [0.4, 0.5) is 8.78 Å². The molecule has 0 aromatic carbocycles. The minimum atomic E-state index is -3.32. The molecule has 0 bridgehead atoms. The lowest BCUT2D eigenvalue weighted by atomic mass is 9.95. The number of nitrogens with zero attached hydrogens (tertiary/aromatic N) is 1. The summed E-state index contributed by atoms with van der Waals surface area (Å²) in [6.07, 6.45) is -0.760. The van der Waals surface area contributed by atoms with Crippen LogP contribution in [0.3, 0.4) is 0 Å². The number of β-lactam (4-membered cyclic amide) rings is 1. The van der Waals surface area contributed by atoms with Gasteiger partial charge in [-0.2, -0.15) is 8.78 Å². The fraction of sp³-hybridized carbons (Fsp3) is 0.875. The van der Waals surface area contributed by atoms with E-state index >= 15 is 0 Å². The Morgan fingerprint density at radius 2 is 2.13 bits per heavy atom. The van der Waals surface area contributed by atoms with Gasteiger partial charge >= 0.3 is 11.8 Å². The molecule has 7 heteroatoms. The molecule has 86 valence electrons. The summed E-state index contributed by atoms with van der Waals surface area (Å²) in [4.78, 5) is 10.9. The molecule has 2 saturated heterocycles. The third-order valence-corrected chi connectivity index (χ3v) is 3.52. The number of alkyl halides is 2. The van der Waals surface area contributed by atoms with Crippen LogP contribution in [-0.4, -0.2) is 39.5 Å². The first-order chi connectivity index (χ1) is 6.76. The first kappa shape index (κ1) is 11.5. The lowest BCUT2D eigenvalue weighted by Crippen LogP contribution is -2.70. The molecule has 1 amide bonds. The van der Waals surface area contributed by atoms with E-state index in [2.05, 4.69) is 0 Å². The number of halogens is 3.